The van der Waals surface area contributed by atoms with Crippen LogP contribution in [0.3, 0.4) is 0 Å². The second-order valence-electron chi connectivity index (χ2n) is 8.11. The Bertz CT molecular complexity index is 1750. The molecule has 0 aliphatic rings. The van der Waals surface area contributed by atoms with Crippen LogP contribution in [0.2, 0.25) is 0 Å². The van der Waals surface area contributed by atoms with Gasteiger partial charge < -0.3 is 15.0 Å². The van der Waals surface area contributed by atoms with Crippen LogP contribution in [-0.2, 0) is 0 Å². The van der Waals surface area contributed by atoms with Crippen molar-refractivity contribution in [3.05, 3.63) is 79.1 Å². The Morgan fingerprint density at radius 1 is 0.800 bits per heavy atom. The fourth-order valence-corrected chi connectivity index (χ4v) is 4.44. The Balaban J connectivity index is 1.41. The van der Waals surface area contributed by atoms with E-state index < -0.39 is 0 Å². The summed E-state index contributed by atoms with van der Waals surface area (Å²) in [5.41, 5.74) is 6.41. The Labute approximate surface area is 206 Å². The summed E-state index contributed by atoms with van der Waals surface area (Å²) in [5, 5.41) is 5.89. The van der Waals surface area contributed by atoms with Gasteiger partial charge in [0.2, 0.25) is 0 Å². The average molecular weight is 477 g/mol. The summed E-state index contributed by atoms with van der Waals surface area (Å²) in [6, 6.07) is 21.5. The third kappa shape index (κ3) is 3.64. The van der Waals surface area contributed by atoms with E-state index in [9.17, 15) is 0 Å². The summed E-state index contributed by atoms with van der Waals surface area (Å²) in [7, 11) is 3.57. The molecule has 3 heterocycles. The number of hydrogen-bond acceptors (Lipinski definition) is 6. The number of nitrogens with zero attached hydrogens (tertiary/aromatic N) is 5. The van der Waals surface area contributed by atoms with E-state index in [2.05, 4.69) is 15.3 Å². The monoisotopic (exact) mass is 476 g/mol. The van der Waals surface area contributed by atoms with Crippen LogP contribution in [0, 0.1) is 0 Å². The predicted octanol–water partition coefficient (Wildman–Crippen LogP) is 5.72. The Kier molecular flexibility index (Phi) is 5.08. The summed E-state index contributed by atoms with van der Waals surface area (Å²) in [6.45, 7) is 0. The summed E-state index contributed by atoms with van der Waals surface area (Å²) < 4.78 is 5.24. The van der Waals surface area contributed by atoms with Crippen molar-refractivity contribution in [3.8, 4) is 5.75 Å². The average Bonchev–Trinajstić information content (AvgIpc) is 2.92. The second kappa shape index (κ2) is 8.41. The maximum atomic E-state index is 5.65. The zero-order chi connectivity index (χ0) is 23.9. The van der Waals surface area contributed by atoms with E-state index in [0.29, 0.717) is 5.11 Å². The molecule has 6 rings (SSSR count). The van der Waals surface area contributed by atoms with Crippen LogP contribution in [0.1, 0.15) is 0 Å². The highest BCUT2D eigenvalue weighted by Crippen LogP contribution is 2.32. The number of nitrogens with one attached hydrogen (secondary N) is 1. The van der Waals surface area contributed by atoms with Gasteiger partial charge in [-0.25, -0.2) is 9.97 Å². The molecule has 0 saturated carbocycles. The van der Waals surface area contributed by atoms with Crippen molar-refractivity contribution in [1.82, 2.24) is 19.9 Å². The van der Waals surface area contributed by atoms with Crippen molar-refractivity contribution in [2.75, 3.05) is 24.4 Å². The molecular formula is C27H20N6OS. The third-order valence-electron chi connectivity index (χ3n) is 6.03. The van der Waals surface area contributed by atoms with E-state index >= 15 is 0 Å². The van der Waals surface area contributed by atoms with Crippen LogP contribution < -0.4 is 15.0 Å². The highest BCUT2D eigenvalue weighted by Gasteiger charge is 2.14. The molecule has 8 heteroatoms. The van der Waals surface area contributed by atoms with Crippen molar-refractivity contribution < 1.29 is 4.74 Å². The van der Waals surface area contributed by atoms with Gasteiger partial charge in [0.1, 0.15) is 16.8 Å². The molecule has 170 valence electrons. The first kappa shape index (κ1) is 21.1. The summed E-state index contributed by atoms with van der Waals surface area (Å²) in [6.07, 6.45) is 3.56. The number of hydrogen-bond donors (Lipinski definition) is 1. The molecule has 0 unspecified atom stereocenters. The first-order valence-electron chi connectivity index (χ1n) is 11.0. The lowest BCUT2D eigenvalue weighted by atomic mass is 10.1. The number of methoxy groups -OCH3 is 1. The predicted molar refractivity (Wildman–Crippen MR) is 145 cm³/mol. The van der Waals surface area contributed by atoms with Crippen LogP contribution in [0.15, 0.2) is 79.1 Å². The minimum atomic E-state index is 0.561. The van der Waals surface area contributed by atoms with Gasteiger partial charge >= 0.3 is 0 Å². The molecule has 3 aromatic carbocycles. The first-order chi connectivity index (χ1) is 17.1. The van der Waals surface area contributed by atoms with Gasteiger partial charge in [-0.3, -0.25) is 9.97 Å². The topological polar surface area (TPSA) is 76.1 Å². The highest BCUT2D eigenvalue weighted by molar-refractivity contribution is 7.80. The maximum absolute atomic E-state index is 5.65. The van der Waals surface area contributed by atoms with E-state index in [0.717, 1.165) is 61.0 Å². The van der Waals surface area contributed by atoms with Gasteiger partial charge in [0.25, 0.3) is 0 Å². The molecule has 0 atom stereocenters. The van der Waals surface area contributed by atoms with Gasteiger partial charge in [-0.05, 0) is 66.8 Å². The van der Waals surface area contributed by atoms with Crippen molar-refractivity contribution >= 4 is 72.6 Å². The number of pyridine rings is 2. The van der Waals surface area contributed by atoms with Crippen LogP contribution in [0.5, 0.6) is 5.75 Å². The van der Waals surface area contributed by atoms with Gasteiger partial charge in [-0.15, -0.1) is 0 Å². The zero-order valence-corrected chi connectivity index (χ0v) is 19.9. The van der Waals surface area contributed by atoms with Crippen molar-refractivity contribution in [2.45, 2.75) is 0 Å². The third-order valence-corrected chi connectivity index (χ3v) is 6.41. The molecule has 0 bridgehead atoms. The Hall–Kier alpha value is -4.43. The normalized spacial score (nSPS) is 11.3. The number of ether oxygens (including phenoxy) is 1. The second-order valence-corrected chi connectivity index (χ2v) is 8.50. The van der Waals surface area contributed by atoms with E-state index in [1.165, 1.54) is 0 Å². The Morgan fingerprint density at radius 3 is 2.06 bits per heavy atom. The summed E-state index contributed by atoms with van der Waals surface area (Å²) in [5.74, 6) is 0.798. The standard InChI is InChI=1S/C27H20N6OS/c1-33(17-8-10-18(34-2)11-9-17)27(35)30-16-7-12-21-22(15-16)32-26-24-20(6-4-14-29-24)19-5-3-13-28-23(19)25(26)31-21/h3-15H,1-2H3,(H,30,35). The van der Waals surface area contributed by atoms with Crippen LogP contribution >= 0.6 is 12.2 Å². The number of benzene rings is 3. The molecular weight excluding hydrogens is 456 g/mol. The van der Waals surface area contributed by atoms with Crippen LogP contribution in [0.25, 0.3) is 43.9 Å². The summed E-state index contributed by atoms with van der Waals surface area (Å²) in [4.78, 5) is 21.0. The molecule has 0 radical (unpaired) electrons. The lowest BCUT2D eigenvalue weighted by molar-refractivity contribution is 0.415. The molecule has 0 saturated heterocycles. The number of anilines is 2. The number of thiocarbonyl (C=S) groups is 1. The van der Waals surface area contributed by atoms with Gasteiger partial charge in [-0.1, -0.05) is 12.1 Å². The highest BCUT2D eigenvalue weighted by atomic mass is 32.1. The molecule has 0 amide bonds. The van der Waals surface area contributed by atoms with E-state index in [-0.39, 0.29) is 0 Å². The minimum absolute atomic E-state index is 0.561. The van der Waals surface area contributed by atoms with Crippen molar-refractivity contribution in [2.24, 2.45) is 0 Å². The number of rotatable bonds is 3. The van der Waals surface area contributed by atoms with Gasteiger partial charge in [0.15, 0.2) is 5.11 Å². The lowest BCUT2D eigenvalue weighted by Crippen LogP contribution is -2.30. The van der Waals surface area contributed by atoms with Crippen LogP contribution in [0.4, 0.5) is 11.4 Å². The minimum Gasteiger partial charge on any atom is -0.497 e. The molecule has 1 N–H and O–H groups in total. The SMILES string of the molecule is COc1ccc(N(C)C(=S)Nc2ccc3nc4c5ncccc5c5cccnc5c4nc3c2)cc1. The molecule has 35 heavy (non-hydrogen) atoms. The van der Waals surface area contributed by atoms with Gasteiger partial charge in [-0.2, -0.15) is 0 Å². The Morgan fingerprint density at radius 2 is 1.43 bits per heavy atom. The molecule has 0 fully saturated rings. The van der Waals surface area contributed by atoms with Crippen molar-refractivity contribution in [1.29, 1.82) is 0 Å². The van der Waals surface area contributed by atoms with Crippen molar-refractivity contribution in [3.63, 3.8) is 0 Å². The van der Waals surface area contributed by atoms with Gasteiger partial charge in [0, 0.05) is 41.6 Å². The zero-order valence-electron chi connectivity index (χ0n) is 19.1. The fraction of sp³-hybridized carbons (Fsp3) is 0.0741. The molecule has 0 spiro atoms. The van der Waals surface area contributed by atoms with E-state index in [1.54, 1.807) is 19.5 Å². The number of aromatic nitrogens is 4. The molecule has 0 aliphatic heterocycles. The van der Waals surface area contributed by atoms with Crippen LogP contribution in [-0.4, -0.2) is 39.2 Å². The lowest BCUT2D eigenvalue weighted by Gasteiger charge is -2.21. The smallest absolute Gasteiger partial charge is 0.177 e. The molecule has 3 aromatic heterocycles. The first-order valence-corrected chi connectivity index (χ1v) is 11.4. The number of fused-ring (bicyclic) bond motifs is 7. The van der Waals surface area contributed by atoms with Gasteiger partial charge in [0.05, 0.1) is 29.2 Å². The quantitative estimate of drug-likeness (QED) is 0.197. The fourth-order valence-electron chi connectivity index (χ4n) is 4.22. The maximum Gasteiger partial charge on any atom is 0.177 e. The van der Waals surface area contributed by atoms with E-state index in [4.69, 9.17) is 26.9 Å². The molecule has 0 aliphatic carbocycles. The molecule has 7 nitrogen and oxygen atoms in total. The van der Waals surface area contributed by atoms with E-state index in [1.807, 2.05) is 78.7 Å². The molecule has 6 aromatic rings. The largest absolute Gasteiger partial charge is 0.497 e. The summed E-state index contributed by atoms with van der Waals surface area (Å²) >= 11 is 5.65.